The second-order valence-corrected chi connectivity index (χ2v) is 7.02. The first-order valence-corrected chi connectivity index (χ1v) is 8.94. The van der Waals surface area contributed by atoms with Crippen LogP contribution >= 0.6 is 0 Å². The minimum absolute atomic E-state index is 0.0483. The number of carbonyl (C=O) groups excluding carboxylic acids is 1. The number of pyridine rings is 2. The zero-order valence-electron chi connectivity index (χ0n) is 15.5. The number of imidazole rings is 1. The number of amides is 1. The van der Waals surface area contributed by atoms with Crippen molar-refractivity contribution in [1.82, 2.24) is 24.8 Å². The number of alkyl halides is 2. The molecule has 6 nitrogen and oxygen atoms in total. The van der Waals surface area contributed by atoms with E-state index in [0.29, 0.717) is 22.6 Å². The normalized spacial score (nSPS) is 15.8. The second-order valence-electron chi connectivity index (χ2n) is 7.02. The summed E-state index contributed by atoms with van der Waals surface area (Å²) < 4.78 is 26.9. The lowest BCUT2D eigenvalue weighted by Crippen LogP contribution is -2.31. The van der Waals surface area contributed by atoms with E-state index in [2.05, 4.69) is 19.9 Å². The monoisotopic (exact) mass is 383 g/mol. The number of nitrogens with zero attached hydrogens (tertiary/aromatic N) is 4. The summed E-state index contributed by atoms with van der Waals surface area (Å²) >= 11 is 0. The maximum atomic E-state index is 13.4. The SMILES string of the molecule is Cc1nc(-c2cc(-c3cncc(C(=O)N4CCC(F)(F)C4)c3)ccn2)[nH]c1C. The van der Waals surface area contributed by atoms with Gasteiger partial charge in [0.2, 0.25) is 0 Å². The quantitative estimate of drug-likeness (QED) is 0.749. The first kappa shape index (κ1) is 18.2. The summed E-state index contributed by atoms with van der Waals surface area (Å²) in [7, 11) is 0. The molecule has 1 aliphatic heterocycles. The highest BCUT2D eigenvalue weighted by Crippen LogP contribution is 2.29. The molecule has 8 heteroatoms. The minimum Gasteiger partial charge on any atom is -0.341 e. The molecule has 1 saturated heterocycles. The van der Waals surface area contributed by atoms with Crippen molar-refractivity contribution in [2.45, 2.75) is 26.2 Å². The topological polar surface area (TPSA) is 74.8 Å². The van der Waals surface area contributed by atoms with E-state index in [0.717, 1.165) is 17.0 Å². The molecule has 3 aromatic heterocycles. The molecule has 3 aromatic rings. The van der Waals surface area contributed by atoms with Crippen LogP contribution in [0, 0.1) is 13.8 Å². The van der Waals surface area contributed by atoms with E-state index in [1.807, 2.05) is 19.9 Å². The highest BCUT2D eigenvalue weighted by Gasteiger charge is 2.40. The summed E-state index contributed by atoms with van der Waals surface area (Å²) in [5, 5.41) is 0. The standard InChI is InChI=1S/C20H19F2N5O/c1-12-13(2)26-18(25-12)17-8-14(3-5-24-17)15-7-16(10-23-9-15)19(28)27-6-4-20(21,22)11-27/h3,5,7-10H,4,6,11H2,1-2H3,(H,25,26). The zero-order valence-corrected chi connectivity index (χ0v) is 15.5. The average molecular weight is 383 g/mol. The Labute approximate surface area is 160 Å². The van der Waals surface area contributed by atoms with Gasteiger partial charge in [-0.25, -0.2) is 13.8 Å². The van der Waals surface area contributed by atoms with Gasteiger partial charge in [-0.2, -0.15) is 0 Å². The van der Waals surface area contributed by atoms with Crippen molar-refractivity contribution in [1.29, 1.82) is 0 Å². The fraction of sp³-hybridized carbons (Fsp3) is 0.300. The van der Waals surface area contributed by atoms with Crippen LogP contribution < -0.4 is 0 Å². The van der Waals surface area contributed by atoms with Gasteiger partial charge in [-0.05, 0) is 37.6 Å². The van der Waals surface area contributed by atoms with Gasteiger partial charge in [-0.3, -0.25) is 14.8 Å². The molecule has 1 amide bonds. The van der Waals surface area contributed by atoms with Crippen molar-refractivity contribution in [3.63, 3.8) is 0 Å². The Kier molecular flexibility index (Phi) is 4.41. The lowest BCUT2D eigenvalue weighted by Gasteiger charge is -2.16. The molecule has 0 aromatic carbocycles. The summed E-state index contributed by atoms with van der Waals surface area (Å²) in [5.41, 5.74) is 4.35. The Morgan fingerprint density at radius 2 is 2.04 bits per heavy atom. The van der Waals surface area contributed by atoms with Crippen molar-refractivity contribution >= 4 is 5.91 Å². The van der Waals surface area contributed by atoms with Crippen LogP contribution in [0.15, 0.2) is 36.8 Å². The van der Waals surface area contributed by atoms with E-state index in [-0.39, 0.29) is 13.0 Å². The molecule has 0 saturated carbocycles. The maximum Gasteiger partial charge on any atom is 0.267 e. The Balaban J connectivity index is 1.63. The van der Waals surface area contributed by atoms with Crippen molar-refractivity contribution in [3.8, 4) is 22.6 Å². The third-order valence-electron chi connectivity index (χ3n) is 4.91. The number of H-pyrrole nitrogens is 1. The van der Waals surface area contributed by atoms with Gasteiger partial charge in [0.15, 0.2) is 5.82 Å². The molecular weight excluding hydrogens is 364 g/mol. The Morgan fingerprint density at radius 1 is 1.21 bits per heavy atom. The van der Waals surface area contributed by atoms with Gasteiger partial charge in [-0.15, -0.1) is 0 Å². The highest BCUT2D eigenvalue weighted by molar-refractivity contribution is 5.95. The average Bonchev–Trinajstić information content (AvgIpc) is 3.23. The van der Waals surface area contributed by atoms with Crippen LogP contribution in [0.3, 0.4) is 0 Å². The number of nitrogens with one attached hydrogen (secondary N) is 1. The van der Waals surface area contributed by atoms with Gasteiger partial charge in [0.1, 0.15) is 5.69 Å². The Bertz CT molecular complexity index is 1030. The number of hydrogen-bond acceptors (Lipinski definition) is 4. The van der Waals surface area contributed by atoms with Gasteiger partial charge in [-0.1, -0.05) is 0 Å². The molecule has 0 atom stereocenters. The van der Waals surface area contributed by atoms with Crippen molar-refractivity contribution < 1.29 is 13.6 Å². The molecule has 1 fully saturated rings. The summed E-state index contributed by atoms with van der Waals surface area (Å²) in [6.45, 7) is 3.36. The number of halogens is 2. The lowest BCUT2D eigenvalue weighted by atomic mass is 10.1. The number of aryl methyl sites for hydroxylation is 2. The van der Waals surface area contributed by atoms with E-state index in [1.54, 1.807) is 24.5 Å². The number of aromatic amines is 1. The lowest BCUT2D eigenvalue weighted by molar-refractivity contribution is 0.0120. The number of likely N-dealkylation sites (tertiary alicyclic amines) is 1. The molecule has 0 bridgehead atoms. The predicted molar refractivity (Wildman–Crippen MR) is 100.0 cm³/mol. The largest absolute Gasteiger partial charge is 0.341 e. The van der Waals surface area contributed by atoms with Crippen molar-refractivity contribution in [2.75, 3.05) is 13.1 Å². The molecule has 0 spiro atoms. The van der Waals surface area contributed by atoms with Gasteiger partial charge in [0.25, 0.3) is 11.8 Å². The summed E-state index contributed by atoms with van der Waals surface area (Å²) in [5.74, 6) is -2.59. The number of hydrogen-bond donors (Lipinski definition) is 1. The van der Waals surface area contributed by atoms with Crippen LogP contribution in [0.1, 0.15) is 28.2 Å². The van der Waals surface area contributed by atoms with Crippen molar-refractivity contribution in [3.05, 3.63) is 53.7 Å². The maximum absolute atomic E-state index is 13.4. The van der Waals surface area contributed by atoms with Crippen LogP contribution in [0.4, 0.5) is 8.78 Å². The number of carbonyl (C=O) groups is 1. The smallest absolute Gasteiger partial charge is 0.267 e. The second kappa shape index (κ2) is 6.78. The Morgan fingerprint density at radius 3 is 2.71 bits per heavy atom. The van der Waals surface area contributed by atoms with E-state index < -0.39 is 18.4 Å². The first-order chi connectivity index (χ1) is 13.3. The molecule has 4 heterocycles. The molecule has 0 aliphatic carbocycles. The highest BCUT2D eigenvalue weighted by atomic mass is 19.3. The van der Waals surface area contributed by atoms with Gasteiger partial charge in [0.05, 0.1) is 17.8 Å². The molecular formula is C20H19F2N5O. The molecule has 0 radical (unpaired) electrons. The fourth-order valence-electron chi connectivity index (χ4n) is 3.22. The van der Waals surface area contributed by atoms with E-state index in [9.17, 15) is 13.6 Å². The Hall–Kier alpha value is -3.16. The molecule has 28 heavy (non-hydrogen) atoms. The molecule has 1 aliphatic rings. The fourth-order valence-corrected chi connectivity index (χ4v) is 3.22. The van der Waals surface area contributed by atoms with E-state index in [1.165, 1.54) is 11.1 Å². The van der Waals surface area contributed by atoms with E-state index in [4.69, 9.17) is 0 Å². The molecule has 4 rings (SSSR count). The van der Waals surface area contributed by atoms with Crippen LogP contribution in [-0.2, 0) is 0 Å². The predicted octanol–water partition coefficient (Wildman–Crippen LogP) is 3.63. The summed E-state index contributed by atoms with van der Waals surface area (Å²) in [6.07, 6.45) is 4.39. The third kappa shape index (κ3) is 3.49. The van der Waals surface area contributed by atoms with Crippen LogP contribution in [0.5, 0.6) is 0 Å². The number of aromatic nitrogens is 4. The first-order valence-electron chi connectivity index (χ1n) is 8.94. The zero-order chi connectivity index (χ0) is 19.9. The molecule has 1 N–H and O–H groups in total. The molecule has 0 unspecified atom stereocenters. The van der Waals surface area contributed by atoms with Crippen LogP contribution in [0.2, 0.25) is 0 Å². The summed E-state index contributed by atoms with van der Waals surface area (Å²) in [6, 6.07) is 5.33. The van der Waals surface area contributed by atoms with E-state index >= 15 is 0 Å². The van der Waals surface area contributed by atoms with Gasteiger partial charge < -0.3 is 9.88 Å². The minimum atomic E-state index is -2.82. The molecule has 144 valence electrons. The third-order valence-corrected chi connectivity index (χ3v) is 4.91. The number of rotatable bonds is 3. The van der Waals surface area contributed by atoms with Crippen molar-refractivity contribution in [2.24, 2.45) is 0 Å². The van der Waals surface area contributed by atoms with Crippen LogP contribution in [0.25, 0.3) is 22.6 Å². The summed E-state index contributed by atoms with van der Waals surface area (Å²) in [4.78, 5) is 29.9. The van der Waals surface area contributed by atoms with Crippen LogP contribution in [-0.4, -0.2) is 49.8 Å². The van der Waals surface area contributed by atoms with Gasteiger partial charge >= 0.3 is 0 Å². The van der Waals surface area contributed by atoms with Gasteiger partial charge in [0, 0.05) is 42.8 Å².